The van der Waals surface area contributed by atoms with Gasteiger partial charge in [-0.15, -0.1) is 0 Å². The molecule has 114 valence electrons. The second-order valence-corrected chi connectivity index (χ2v) is 6.84. The summed E-state index contributed by atoms with van der Waals surface area (Å²) < 4.78 is 10.5. The number of carbonyl (C=O) groups excluding carboxylic acids is 2. The first-order valence-corrected chi connectivity index (χ1v) is 7.42. The molecule has 1 atom stereocenters. The number of hydrogen-bond acceptors (Lipinski definition) is 4. The second-order valence-electron chi connectivity index (χ2n) is 6.84. The van der Waals surface area contributed by atoms with Crippen molar-refractivity contribution >= 4 is 12.1 Å². The van der Waals surface area contributed by atoms with Crippen LogP contribution < -0.4 is 0 Å². The first kappa shape index (κ1) is 15.1. The van der Waals surface area contributed by atoms with Crippen LogP contribution in [0.2, 0.25) is 0 Å². The van der Waals surface area contributed by atoms with E-state index in [2.05, 4.69) is 0 Å². The Morgan fingerprint density at radius 3 is 2.35 bits per heavy atom. The lowest BCUT2D eigenvalue weighted by Gasteiger charge is -2.34. The summed E-state index contributed by atoms with van der Waals surface area (Å²) in [6.45, 7) is 9.22. The van der Waals surface area contributed by atoms with Gasteiger partial charge < -0.3 is 14.4 Å². The van der Waals surface area contributed by atoms with Crippen LogP contribution in [-0.2, 0) is 14.3 Å². The average molecular weight is 283 g/mol. The van der Waals surface area contributed by atoms with E-state index in [4.69, 9.17) is 9.47 Å². The highest BCUT2D eigenvalue weighted by Crippen LogP contribution is 2.59. The van der Waals surface area contributed by atoms with Crippen LogP contribution in [-0.4, -0.2) is 42.3 Å². The molecule has 1 heterocycles. The molecule has 1 unspecified atom stereocenters. The number of esters is 1. The molecule has 0 aromatic rings. The van der Waals surface area contributed by atoms with E-state index in [9.17, 15) is 9.59 Å². The highest BCUT2D eigenvalue weighted by Gasteiger charge is 2.59. The third-order valence-electron chi connectivity index (χ3n) is 4.17. The maximum absolute atomic E-state index is 12.0. The SMILES string of the molecule is CCOC(=O)C1CC12CCN(C(=O)OC(C)(C)C)CC2. The van der Waals surface area contributed by atoms with E-state index in [-0.39, 0.29) is 23.4 Å². The minimum atomic E-state index is -0.459. The van der Waals surface area contributed by atoms with Crippen molar-refractivity contribution in [2.75, 3.05) is 19.7 Å². The van der Waals surface area contributed by atoms with E-state index in [1.54, 1.807) is 4.90 Å². The normalized spacial score (nSPS) is 24.4. The van der Waals surface area contributed by atoms with Gasteiger partial charge in [0.15, 0.2) is 0 Å². The summed E-state index contributed by atoms with van der Waals surface area (Å²) in [4.78, 5) is 25.5. The van der Waals surface area contributed by atoms with Gasteiger partial charge in [-0.25, -0.2) is 4.79 Å². The average Bonchev–Trinajstić information content (AvgIpc) is 3.02. The van der Waals surface area contributed by atoms with E-state index in [1.807, 2.05) is 27.7 Å². The molecule has 2 aliphatic rings. The largest absolute Gasteiger partial charge is 0.466 e. The van der Waals surface area contributed by atoms with Gasteiger partial charge in [-0.05, 0) is 52.4 Å². The standard InChI is InChI=1S/C15H25NO4/c1-5-19-12(17)11-10-15(11)6-8-16(9-7-15)13(18)20-14(2,3)4/h11H,5-10H2,1-4H3. The number of rotatable bonds is 2. The van der Waals surface area contributed by atoms with Crippen LogP contribution in [0.25, 0.3) is 0 Å². The van der Waals surface area contributed by atoms with Gasteiger partial charge in [0.1, 0.15) is 5.60 Å². The molecule has 0 N–H and O–H groups in total. The number of carbonyl (C=O) groups is 2. The fourth-order valence-electron chi connectivity index (χ4n) is 2.94. The van der Waals surface area contributed by atoms with Crippen LogP contribution >= 0.6 is 0 Å². The van der Waals surface area contributed by atoms with Gasteiger partial charge in [-0.2, -0.15) is 0 Å². The minimum absolute atomic E-state index is 0.0447. The number of nitrogens with zero attached hydrogens (tertiary/aromatic N) is 1. The van der Waals surface area contributed by atoms with E-state index in [0.29, 0.717) is 19.7 Å². The van der Waals surface area contributed by atoms with Gasteiger partial charge in [0.05, 0.1) is 12.5 Å². The van der Waals surface area contributed by atoms with Crippen molar-refractivity contribution in [2.24, 2.45) is 11.3 Å². The van der Waals surface area contributed by atoms with E-state index in [0.717, 1.165) is 19.3 Å². The van der Waals surface area contributed by atoms with Crippen LogP contribution in [0.15, 0.2) is 0 Å². The van der Waals surface area contributed by atoms with Crippen molar-refractivity contribution in [2.45, 2.75) is 52.6 Å². The van der Waals surface area contributed by atoms with Crippen LogP contribution in [0, 0.1) is 11.3 Å². The molecule has 1 saturated heterocycles. The summed E-state index contributed by atoms with van der Waals surface area (Å²) in [6.07, 6.45) is 2.40. The highest BCUT2D eigenvalue weighted by atomic mass is 16.6. The monoisotopic (exact) mass is 283 g/mol. The number of ether oxygens (including phenoxy) is 2. The summed E-state index contributed by atoms with van der Waals surface area (Å²) in [6, 6.07) is 0. The third kappa shape index (κ3) is 3.25. The van der Waals surface area contributed by atoms with Gasteiger partial charge >= 0.3 is 12.1 Å². The van der Waals surface area contributed by atoms with E-state index < -0.39 is 5.60 Å². The van der Waals surface area contributed by atoms with Crippen molar-refractivity contribution in [1.29, 1.82) is 0 Å². The lowest BCUT2D eigenvalue weighted by molar-refractivity contribution is -0.145. The lowest BCUT2D eigenvalue weighted by atomic mass is 9.91. The fraction of sp³-hybridized carbons (Fsp3) is 0.867. The molecular formula is C15H25NO4. The molecule has 1 amide bonds. The Morgan fingerprint density at radius 2 is 1.85 bits per heavy atom. The Labute approximate surface area is 120 Å². The molecule has 2 fully saturated rings. The van der Waals surface area contributed by atoms with Gasteiger partial charge in [-0.1, -0.05) is 0 Å². The Bertz CT molecular complexity index is 391. The molecule has 0 aromatic carbocycles. The Balaban J connectivity index is 1.82. The second kappa shape index (κ2) is 5.26. The van der Waals surface area contributed by atoms with Crippen molar-refractivity contribution in [3.63, 3.8) is 0 Å². The maximum Gasteiger partial charge on any atom is 0.410 e. The van der Waals surface area contributed by atoms with E-state index in [1.165, 1.54) is 0 Å². The Hall–Kier alpha value is -1.26. The van der Waals surface area contributed by atoms with Crippen molar-refractivity contribution in [1.82, 2.24) is 4.90 Å². The summed E-state index contributed by atoms with van der Waals surface area (Å²) in [7, 11) is 0. The summed E-state index contributed by atoms with van der Waals surface area (Å²) >= 11 is 0. The maximum atomic E-state index is 12.0. The molecule has 2 rings (SSSR count). The van der Waals surface area contributed by atoms with Crippen molar-refractivity contribution in [3.05, 3.63) is 0 Å². The van der Waals surface area contributed by atoms with Crippen LogP contribution in [0.1, 0.15) is 47.0 Å². The first-order chi connectivity index (χ1) is 9.27. The molecule has 0 aromatic heterocycles. The molecular weight excluding hydrogens is 258 g/mol. The zero-order valence-electron chi connectivity index (χ0n) is 12.9. The summed E-state index contributed by atoms with van der Waals surface area (Å²) in [5, 5.41) is 0. The molecule has 5 heteroatoms. The van der Waals surface area contributed by atoms with Crippen LogP contribution in [0.4, 0.5) is 4.79 Å². The molecule has 1 aliphatic carbocycles. The van der Waals surface area contributed by atoms with Crippen LogP contribution in [0.5, 0.6) is 0 Å². The predicted molar refractivity (Wildman–Crippen MR) is 74.2 cm³/mol. The highest BCUT2D eigenvalue weighted by molar-refractivity contribution is 5.77. The fourth-order valence-corrected chi connectivity index (χ4v) is 2.94. The molecule has 1 aliphatic heterocycles. The molecule has 0 radical (unpaired) electrons. The minimum Gasteiger partial charge on any atom is -0.466 e. The van der Waals surface area contributed by atoms with Gasteiger partial charge in [0, 0.05) is 13.1 Å². The van der Waals surface area contributed by atoms with Gasteiger partial charge in [-0.3, -0.25) is 4.79 Å². The van der Waals surface area contributed by atoms with Crippen molar-refractivity contribution in [3.8, 4) is 0 Å². The molecule has 20 heavy (non-hydrogen) atoms. The number of piperidine rings is 1. The summed E-state index contributed by atoms with van der Waals surface area (Å²) in [5.41, 5.74) is -0.371. The van der Waals surface area contributed by atoms with Gasteiger partial charge in [0.2, 0.25) is 0 Å². The smallest absolute Gasteiger partial charge is 0.410 e. The molecule has 1 saturated carbocycles. The Morgan fingerprint density at radius 1 is 1.25 bits per heavy atom. The number of amides is 1. The lowest BCUT2D eigenvalue weighted by Crippen LogP contribution is -2.42. The topological polar surface area (TPSA) is 55.8 Å². The Kier molecular flexibility index (Phi) is 3.98. The van der Waals surface area contributed by atoms with Crippen molar-refractivity contribution < 1.29 is 19.1 Å². The van der Waals surface area contributed by atoms with E-state index >= 15 is 0 Å². The third-order valence-corrected chi connectivity index (χ3v) is 4.17. The van der Waals surface area contributed by atoms with Crippen LogP contribution in [0.3, 0.4) is 0 Å². The number of hydrogen-bond donors (Lipinski definition) is 0. The van der Waals surface area contributed by atoms with Gasteiger partial charge in [0.25, 0.3) is 0 Å². The predicted octanol–water partition coefficient (Wildman–Crippen LogP) is 2.59. The zero-order chi connectivity index (χ0) is 15.0. The molecule has 0 bridgehead atoms. The zero-order valence-corrected chi connectivity index (χ0v) is 12.9. The first-order valence-electron chi connectivity index (χ1n) is 7.42. The molecule has 5 nitrogen and oxygen atoms in total. The number of likely N-dealkylation sites (tertiary alicyclic amines) is 1. The summed E-state index contributed by atoms with van der Waals surface area (Å²) in [5.74, 6) is -0.0264. The quantitative estimate of drug-likeness (QED) is 0.731. The molecule has 1 spiro atoms.